The van der Waals surface area contributed by atoms with Gasteiger partial charge in [-0.05, 0) is 42.8 Å². The van der Waals surface area contributed by atoms with Crippen LogP contribution in [0.2, 0.25) is 0 Å². The molecule has 0 saturated heterocycles. The number of amides is 1. The summed E-state index contributed by atoms with van der Waals surface area (Å²) in [5.41, 5.74) is 3.96. The molecule has 0 saturated carbocycles. The number of anilines is 1. The summed E-state index contributed by atoms with van der Waals surface area (Å²) in [6.07, 6.45) is 0.718. The minimum atomic E-state index is -3.61. The van der Waals surface area contributed by atoms with Crippen LogP contribution in [-0.2, 0) is 16.6 Å². The predicted molar refractivity (Wildman–Crippen MR) is 154 cm³/mol. The summed E-state index contributed by atoms with van der Waals surface area (Å²) in [5, 5.41) is 9.85. The number of carbonyl (C=O) groups excluding carboxylic acids is 1. The summed E-state index contributed by atoms with van der Waals surface area (Å²) in [7, 11) is -1.59. The molecule has 4 rings (SSSR count). The molecule has 1 aliphatic heterocycles. The molecule has 1 aliphatic rings. The molecule has 9 heteroatoms. The van der Waals surface area contributed by atoms with Crippen molar-refractivity contribution in [3.05, 3.63) is 83.9 Å². The van der Waals surface area contributed by atoms with Crippen molar-refractivity contribution in [3.8, 4) is 16.9 Å². The number of aliphatic hydroxyl groups excluding tert-OH is 1. The van der Waals surface area contributed by atoms with E-state index in [9.17, 15) is 18.3 Å². The molecule has 3 atom stereocenters. The molecule has 2 N–H and O–H groups in total. The van der Waals surface area contributed by atoms with Gasteiger partial charge in [0.2, 0.25) is 10.0 Å². The van der Waals surface area contributed by atoms with Gasteiger partial charge in [0.05, 0.1) is 30.2 Å². The highest BCUT2D eigenvalue weighted by molar-refractivity contribution is 7.92. The van der Waals surface area contributed by atoms with Crippen LogP contribution in [0.15, 0.2) is 72.8 Å². The van der Waals surface area contributed by atoms with E-state index in [-0.39, 0.29) is 41.5 Å². The van der Waals surface area contributed by atoms with Gasteiger partial charge < -0.3 is 14.7 Å². The number of hydrogen-bond acceptors (Lipinski definition) is 6. The van der Waals surface area contributed by atoms with E-state index in [0.29, 0.717) is 19.6 Å². The summed E-state index contributed by atoms with van der Waals surface area (Å²) in [6, 6.07) is 23.2. The van der Waals surface area contributed by atoms with Crippen LogP contribution in [0.3, 0.4) is 0 Å². The molecule has 0 aromatic heterocycles. The first-order valence-corrected chi connectivity index (χ1v) is 15.0. The average Bonchev–Trinajstić information content (AvgIpc) is 2.90. The molecular weight excluding hydrogens is 514 g/mol. The molecule has 208 valence electrons. The Balaban J connectivity index is 1.58. The van der Waals surface area contributed by atoms with E-state index in [1.165, 1.54) is 5.56 Å². The van der Waals surface area contributed by atoms with Gasteiger partial charge in [0.1, 0.15) is 6.10 Å². The van der Waals surface area contributed by atoms with Crippen LogP contribution < -0.4 is 9.46 Å². The SMILES string of the molecule is C[C@@H]1CN([C@@H](C)CO)C(=O)c2cccc(NS(C)(=O)=O)c2O[C@@H]1CN(C)Cc1ccc(-c2ccccc2)cc1. The van der Waals surface area contributed by atoms with Crippen LogP contribution in [-0.4, -0.2) is 74.4 Å². The van der Waals surface area contributed by atoms with Crippen molar-refractivity contribution >= 4 is 21.6 Å². The van der Waals surface area contributed by atoms with Gasteiger partial charge in [0.15, 0.2) is 5.75 Å². The lowest BCUT2D eigenvalue weighted by atomic mass is 9.98. The molecule has 1 heterocycles. The van der Waals surface area contributed by atoms with Crippen molar-refractivity contribution in [3.63, 3.8) is 0 Å². The second-order valence-corrected chi connectivity index (χ2v) is 12.2. The number of aliphatic hydroxyl groups is 1. The van der Waals surface area contributed by atoms with Gasteiger partial charge in [-0.25, -0.2) is 8.42 Å². The standard InChI is InChI=1S/C30H37N3O5S/c1-21-17-33(22(2)20-34)30(35)26-11-8-12-27(31-39(4,36)37)29(26)38-28(21)19-32(3)18-23-13-15-25(16-14-23)24-9-6-5-7-10-24/h5-16,21-22,28,31,34H,17-20H2,1-4H3/t21-,22+,28-/m1/s1. The van der Waals surface area contributed by atoms with E-state index < -0.39 is 16.1 Å². The molecule has 0 fully saturated rings. The Bertz CT molecular complexity index is 1380. The number of nitrogens with zero attached hydrogens (tertiary/aromatic N) is 2. The van der Waals surface area contributed by atoms with Crippen LogP contribution in [0.4, 0.5) is 5.69 Å². The zero-order chi connectivity index (χ0) is 28.2. The summed E-state index contributed by atoms with van der Waals surface area (Å²) in [6.45, 7) is 5.26. The monoisotopic (exact) mass is 551 g/mol. The Morgan fingerprint density at radius 2 is 1.72 bits per heavy atom. The molecule has 0 unspecified atom stereocenters. The third kappa shape index (κ3) is 7.17. The molecule has 0 aliphatic carbocycles. The largest absolute Gasteiger partial charge is 0.486 e. The Kier molecular flexibility index (Phi) is 8.94. The number of benzene rings is 3. The fourth-order valence-electron chi connectivity index (χ4n) is 4.86. The van der Waals surface area contributed by atoms with Crippen molar-refractivity contribution in [1.82, 2.24) is 9.80 Å². The number of rotatable bonds is 9. The number of nitrogens with one attached hydrogen (secondary N) is 1. The maximum absolute atomic E-state index is 13.5. The Labute approximate surface area is 231 Å². The fraction of sp³-hybridized carbons (Fsp3) is 0.367. The Hall–Kier alpha value is -3.40. The zero-order valence-corrected chi connectivity index (χ0v) is 23.7. The van der Waals surface area contributed by atoms with Crippen molar-refractivity contribution in [2.24, 2.45) is 5.92 Å². The van der Waals surface area contributed by atoms with E-state index in [4.69, 9.17) is 4.74 Å². The molecule has 0 radical (unpaired) electrons. The maximum atomic E-state index is 13.5. The molecule has 8 nitrogen and oxygen atoms in total. The molecule has 0 bridgehead atoms. The van der Waals surface area contributed by atoms with E-state index in [2.05, 4.69) is 46.0 Å². The molecule has 0 spiro atoms. The van der Waals surface area contributed by atoms with E-state index in [1.54, 1.807) is 30.0 Å². The maximum Gasteiger partial charge on any atom is 0.258 e. The van der Waals surface area contributed by atoms with Crippen molar-refractivity contribution in [2.45, 2.75) is 32.5 Å². The van der Waals surface area contributed by atoms with Gasteiger partial charge in [-0.3, -0.25) is 14.4 Å². The van der Waals surface area contributed by atoms with Crippen molar-refractivity contribution in [1.29, 1.82) is 0 Å². The van der Waals surface area contributed by atoms with Gasteiger partial charge in [0.25, 0.3) is 5.91 Å². The lowest BCUT2D eigenvalue weighted by Crippen LogP contribution is -2.49. The topological polar surface area (TPSA) is 99.2 Å². The first kappa shape index (κ1) is 28.6. The van der Waals surface area contributed by atoms with Gasteiger partial charge in [-0.2, -0.15) is 0 Å². The van der Waals surface area contributed by atoms with Crippen LogP contribution in [0.25, 0.3) is 11.1 Å². The van der Waals surface area contributed by atoms with Crippen molar-refractivity contribution in [2.75, 3.05) is 37.7 Å². The summed E-state index contributed by atoms with van der Waals surface area (Å²) < 4.78 is 33.1. The average molecular weight is 552 g/mol. The summed E-state index contributed by atoms with van der Waals surface area (Å²) in [5.74, 6) is -0.189. The predicted octanol–water partition coefficient (Wildman–Crippen LogP) is 4.08. The number of fused-ring (bicyclic) bond motifs is 1. The number of sulfonamides is 1. The normalized spacial score (nSPS) is 18.6. The first-order chi connectivity index (χ1) is 18.6. The first-order valence-electron chi connectivity index (χ1n) is 13.1. The fourth-order valence-corrected chi connectivity index (χ4v) is 5.42. The third-order valence-corrected chi connectivity index (χ3v) is 7.58. The van der Waals surface area contributed by atoms with Gasteiger partial charge in [-0.1, -0.05) is 67.6 Å². The zero-order valence-electron chi connectivity index (χ0n) is 22.9. The quantitative estimate of drug-likeness (QED) is 0.416. The number of carbonyl (C=O) groups is 1. The highest BCUT2D eigenvalue weighted by Crippen LogP contribution is 2.35. The van der Waals surface area contributed by atoms with Crippen LogP contribution in [0.1, 0.15) is 29.8 Å². The minimum absolute atomic E-state index is 0.0923. The molecule has 1 amide bonds. The van der Waals surface area contributed by atoms with Crippen molar-refractivity contribution < 1.29 is 23.1 Å². The van der Waals surface area contributed by atoms with E-state index >= 15 is 0 Å². The van der Waals surface area contributed by atoms with Crippen LogP contribution in [0, 0.1) is 5.92 Å². The second kappa shape index (κ2) is 12.2. The van der Waals surface area contributed by atoms with Crippen LogP contribution in [0.5, 0.6) is 5.75 Å². The lowest BCUT2D eigenvalue weighted by molar-refractivity contribution is 0.0344. The number of hydrogen-bond donors (Lipinski definition) is 2. The highest BCUT2D eigenvalue weighted by atomic mass is 32.2. The molecule has 3 aromatic carbocycles. The van der Waals surface area contributed by atoms with Gasteiger partial charge >= 0.3 is 0 Å². The highest BCUT2D eigenvalue weighted by Gasteiger charge is 2.34. The van der Waals surface area contributed by atoms with E-state index in [1.807, 2.05) is 32.2 Å². The molecule has 39 heavy (non-hydrogen) atoms. The van der Waals surface area contributed by atoms with Crippen LogP contribution >= 0.6 is 0 Å². The summed E-state index contributed by atoms with van der Waals surface area (Å²) >= 11 is 0. The third-order valence-electron chi connectivity index (χ3n) is 6.99. The summed E-state index contributed by atoms with van der Waals surface area (Å²) in [4.78, 5) is 17.3. The molecule has 3 aromatic rings. The smallest absolute Gasteiger partial charge is 0.258 e. The minimum Gasteiger partial charge on any atom is -0.486 e. The second-order valence-electron chi connectivity index (χ2n) is 10.4. The van der Waals surface area contributed by atoms with Gasteiger partial charge in [-0.15, -0.1) is 0 Å². The number of para-hydroxylation sites is 1. The number of ether oxygens (including phenoxy) is 1. The lowest BCUT2D eigenvalue weighted by Gasteiger charge is -2.38. The Morgan fingerprint density at radius 1 is 1.05 bits per heavy atom. The number of likely N-dealkylation sites (N-methyl/N-ethyl adjacent to an activating group) is 1. The molecular formula is C30H37N3O5S. The van der Waals surface area contributed by atoms with E-state index in [0.717, 1.165) is 17.4 Å². The Morgan fingerprint density at radius 3 is 2.36 bits per heavy atom. The van der Waals surface area contributed by atoms with Gasteiger partial charge in [0, 0.05) is 25.6 Å².